The van der Waals surface area contributed by atoms with E-state index in [-0.39, 0.29) is 33.8 Å². The van der Waals surface area contributed by atoms with Crippen LogP contribution in [0.2, 0.25) is 15.1 Å². The number of carbonyl (C=O) groups excluding carboxylic acids is 1. The third kappa shape index (κ3) is 6.14. The summed E-state index contributed by atoms with van der Waals surface area (Å²) in [6, 6.07) is 12.3. The first-order valence-electron chi connectivity index (χ1n) is 7.60. The van der Waals surface area contributed by atoms with Crippen molar-refractivity contribution in [2.24, 2.45) is 0 Å². The Bertz CT molecular complexity index is 890. The Hall–Kier alpha value is -1.31. The van der Waals surface area contributed by atoms with Crippen LogP contribution >= 0.6 is 34.8 Å². The number of sulfonamides is 1. The molecule has 0 saturated carbocycles. The molecule has 0 fully saturated rings. The molecule has 0 unspecified atom stereocenters. The predicted molar refractivity (Wildman–Crippen MR) is 107 cm³/mol. The van der Waals surface area contributed by atoms with Crippen LogP contribution in [0.5, 0.6) is 0 Å². The average Bonchev–Trinajstić information content (AvgIpc) is 2.56. The van der Waals surface area contributed by atoms with Crippen LogP contribution in [0, 0.1) is 0 Å². The molecule has 140 valence electrons. The number of benzene rings is 2. The van der Waals surface area contributed by atoms with E-state index < -0.39 is 15.9 Å². The molecule has 0 radical (unpaired) electrons. The maximum atomic E-state index is 12.3. The fourth-order valence-corrected chi connectivity index (χ4v) is 3.60. The highest BCUT2D eigenvalue weighted by molar-refractivity contribution is 7.88. The second-order valence-electron chi connectivity index (χ2n) is 5.63. The molecule has 1 N–H and O–H groups in total. The molecule has 9 heteroatoms. The number of nitrogens with one attached hydrogen (secondary N) is 1. The minimum absolute atomic E-state index is 0.186. The molecule has 0 saturated heterocycles. The standard InChI is InChI=1S/C17H17Cl3N2O3S/c1-26(24,25)22(8-7-12-5-3-2-4-6-12)11-17(23)21-16-10-14(19)13(18)9-15(16)20/h2-6,9-10H,7-8,11H2,1H3,(H,21,23). The molecule has 0 bridgehead atoms. The van der Waals surface area contributed by atoms with Crippen LogP contribution in [0.3, 0.4) is 0 Å². The van der Waals surface area contributed by atoms with Gasteiger partial charge in [0.25, 0.3) is 0 Å². The Morgan fingerprint density at radius 3 is 2.27 bits per heavy atom. The molecule has 0 atom stereocenters. The SMILES string of the molecule is CS(=O)(=O)N(CCc1ccccc1)CC(=O)Nc1cc(Cl)c(Cl)cc1Cl. The lowest BCUT2D eigenvalue weighted by atomic mass is 10.1. The number of carbonyl (C=O) groups is 1. The van der Waals surface area contributed by atoms with Crippen molar-refractivity contribution in [1.82, 2.24) is 4.31 Å². The van der Waals surface area contributed by atoms with Gasteiger partial charge in [-0.05, 0) is 24.1 Å². The van der Waals surface area contributed by atoms with Gasteiger partial charge >= 0.3 is 0 Å². The summed E-state index contributed by atoms with van der Waals surface area (Å²) in [6.07, 6.45) is 1.56. The van der Waals surface area contributed by atoms with Gasteiger partial charge < -0.3 is 5.32 Å². The number of anilines is 1. The number of hydrogen-bond acceptors (Lipinski definition) is 3. The van der Waals surface area contributed by atoms with E-state index in [4.69, 9.17) is 34.8 Å². The normalized spacial score (nSPS) is 11.6. The van der Waals surface area contributed by atoms with Gasteiger partial charge in [0.05, 0.1) is 33.6 Å². The van der Waals surface area contributed by atoms with E-state index in [0.717, 1.165) is 16.1 Å². The Kier molecular flexibility index (Phi) is 7.32. The molecule has 0 aromatic heterocycles. The third-order valence-corrected chi connectivity index (χ3v) is 5.85. The van der Waals surface area contributed by atoms with Crippen LogP contribution in [-0.2, 0) is 21.2 Å². The second kappa shape index (κ2) is 9.06. The first-order valence-corrected chi connectivity index (χ1v) is 10.6. The van der Waals surface area contributed by atoms with Crippen LogP contribution in [0.1, 0.15) is 5.56 Å². The van der Waals surface area contributed by atoms with Gasteiger partial charge in [0.15, 0.2) is 0 Å². The van der Waals surface area contributed by atoms with Crippen molar-refractivity contribution < 1.29 is 13.2 Å². The van der Waals surface area contributed by atoms with Crippen molar-refractivity contribution in [2.45, 2.75) is 6.42 Å². The maximum absolute atomic E-state index is 12.3. The zero-order valence-corrected chi connectivity index (χ0v) is 17.0. The van der Waals surface area contributed by atoms with E-state index in [1.165, 1.54) is 12.1 Å². The van der Waals surface area contributed by atoms with Crippen LogP contribution < -0.4 is 5.32 Å². The highest BCUT2D eigenvalue weighted by Gasteiger charge is 2.20. The Morgan fingerprint density at radius 1 is 1.04 bits per heavy atom. The maximum Gasteiger partial charge on any atom is 0.239 e. The monoisotopic (exact) mass is 434 g/mol. The molecule has 0 aliphatic heterocycles. The van der Waals surface area contributed by atoms with Gasteiger partial charge in [-0.1, -0.05) is 65.1 Å². The second-order valence-corrected chi connectivity index (χ2v) is 8.83. The smallest absolute Gasteiger partial charge is 0.239 e. The Balaban J connectivity index is 2.06. The molecule has 2 rings (SSSR count). The summed E-state index contributed by atoms with van der Waals surface area (Å²) in [4.78, 5) is 12.3. The van der Waals surface area contributed by atoms with Crippen LogP contribution in [0.15, 0.2) is 42.5 Å². The summed E-state index contributed by atoms with van der Waals surface area (Å²) in [5.41, 5.74) is 1.25. The van der Waals surface area contributed by atoms with E-state index >= 15 is 0 Å². The summed E-state index contributed by atoms with van der Waals surface area (Å²) in [5, 5.41) is 3.26. The van der Waals surface area contributed by atoms with E-state index in [0.29, 0.717) is 6.42 Å². The van der Waals surface area contributed by atoms with Crippen molar-refractivity contribution in [3.05, 3.63) is 63.1 Å². The van der Waals surface area contributed by atoms with Gasteiger partial charge in [0, 0.05) is 6.54 Å². The average molecular weight is 436 g/mol. The fraction of sp³-hybridized carbons (Fsp3) is 0.235. The molecule has 0 aliphatic carbocycles. The van der Waals surface area contributed by atoms with E-state index in [9.17, 15) is 13.2 Å². The van der Waals surface area contributed by atoms with Crippen molar-refractivity contribution in [1.29, 1.82) is 0 Å². The lowest BCUT2D eigenvalue weighted by Gasteiger charge is -2.20. The van der Waals surface area contributed by atoms with Crippen LogP contribution in [0.25, 0.3) is 0 Å². The molecular weight excluding hydrogens is 419 g/mol. The van der Waals surface area contributed by atoms with Gasteiger partial charge in [0.1, 0.15) is 0 Å². The molecule has 5 nitrogen and oxygen atoms in total. The van der Waals surface area contributed by atoms with Gasteiger partial charge in [-0.3, -0.25) is 4.79 Å². The number of nitrogens with zero attached hydrogens (tertiary/aromatic N) is 1. The summed E-state index contributed by atoms with van der Waals surface area (Å²) in [7, 11) is -3.56. The lowest BCUT2D eigenvalue weighted by Crippen LogP contribution is -2.38. The first kappa shape index (κ1) is 21.0. The summed E-state index contributed by atoms with van der Waals surface area (Å²) in [6.45, 7) is -0.145. The van der Waals surface area contributed by atoms with Crippen molar-refractivity contribution in [2.75, 3.05) is 24.7 Å². The lowest BCUT2D eigenvalue weighted by molar-refractivity contribution is -0.116. The van der Waals surface area contributed by atoms with Crippen molar-refractivity contribution in [3.8, 4) is 0 Å². The highest BCUT2D eigenvalue weighted by Crippen LogP contribution is 2.32. The minimum Gasteiger partial charge on any atom is -0.324 e. The van der Waals surface area contributed by atoms with Crippen LogP contribution in [0.4, 0.5) is 5.69 Å². The van der Waals surface area contributed by atoms with E-state index in [1.807, 2.05) is 30.3 Å². The number of halogens is 3. The predicted octanol–water partition coefficient (Wildman–Crippen LogP) is 4.09. The summed E-state index contributed by atoms with van der Waals surface area (Å²) in [5.74, 6) is -0.524. The largest absolute Gasteiger partial charge is 0.324 e. The molecule has 2 aromatic carbocycles. The number of amides is 1. The fourth-order valence-electron chi connectivity index (χ4n) is 2.23. The van der Waals surface area contributed by atoms with Crippen molar-refractivity contribution in [3.63, 3.8) is 0 Å². The summed E-state index contributed by atoms with van der Waals surface area (Å²) < 4.78 is 25.1. The molecule has 26 heavy (non-hydrogen) atoms. The van der Waals surface area contributed by atoms with E-state index in [1.54, 1.807) is 0 Å². The zero-order chi connectivity index (χ0) is 19.3. The third-order valence-electron chi connectivity index (χ3n) is 3.57. The topological polar surface area (TPSA) is 66.5 Å². The van der Waals surface area contributed by atoms with Gasteiger partial charge in [-0.2, -0.15) is 4.31 Å². The van der Waals surface area contributed by atoms with Gasteiger partial charge in [-0.25, -0.2) is 8.42 Å². The van der Waals surface area contributed by atoms with Gasteiger partial charge in [0.2, 0.25) is 15.9 Å². The highest BCUT2D eigenvalue weighted by atomic mass is 35.5. The molecule has 0 spiro atoms. The number of hydrogen-bond donors (Lipinski definition) is 1. The molecular formula is C17H17Cl3N2O3S. The van der Waals surface area contributed by atoms with Crippen molar-refractivity contribution >= 4 is 56.4 Å². The Labute approximate surface area is 167 Å². The quantitative estimate of drug-likeness (QED) is 0.666. The minimum atomic E-state index is -3.56. The molecule has 2 aromatic rings. The Morgan fingerprint density at radius 2 is 1.65 bits per heavy atom. The van der Waals surface area contributed by atoms with Gasteiger partial charge in [-0.15, -0.1) is 0 Å². The zero-order valence-electron chi connectivity index (χ0n) is 13.9. The molecule has 1 amide bonds. The summed E-state index contributed by atoms with van der Waals surface area (Å²) >= 11 is 17.8. The first-order chi connectivity index (χ1) is 12.2. The van der Waals surface area contributed by atoms with Crippen LogP contribution in [-0.4, -0.2) is 38.0 Å². The molecule has 0 aliphatic rings. The van der Waals surface area contributed by atoms with E-state index in [2.05, 4.69) is 5.32 Å². The number of rotatable bonds is 7. The molecule has 0 heterocycles.